The summed E-state index contributed by atoms with van der Waals surface area (Å²) in [6.45, 7) is 1.91. The maximum atomic E-state index is 13.1. The van der Waals surface area contributed by atoms with Gasteiger partial charge >= 0.3 is 0 Å². The molecule has 0 amide bonds. The van der Waals surface area contributed by atoms with E-state index in [1.807, 2.05) is 6.92 Å². The smallest absolute Gasteiger partial charge is 0.128 e. The molecule has 0 aliphatic rings. The molecule has 0 bridgehead atoms. The highest BCUT2D eigenvalue weighted by Gasteiger charge is 2.09. The fraction of sp³-hybridized carbons (Fsp3) is 0.333. The molecule has 3 heteroatoms. The zero-order chi connectivity index (χ0) is 9.14. The summed E-state index contributed by atoms with van der Waals surface area (Å²) in [5.74, 6) is -0.284. The van der Waals surface area contributed by atoms with Crippen molar-refractivity contribution in [1.29, 1.82) is 0 Å². The number of halogens is 2. The Hall–Kier alpha value is -0.600. The number of nitrogens with two attached hydrogens (primary N) is 1. The van der Waals surface area contributed by atoms with Gasteiger partial charge in [0.15, 0.2) is 0 Å². The van der Waals surface area contributed by atoms with Crippen molar-refractivity contribution in [2.45, 2.75) is 19.4 Å². The topological polar surface area (TPSA) is 26.0 Å². The van der Waals surface area contributed by atoms with Crippen LogP contribution in [0.25, 0.3) is 0 Å². The lowest BCUT2D eigenvalue weighted by atomic mass is 10.1. The maximum Gasteiger partial charge on any atom is 0.128 e. The van der Waals surface area contributed by atoms with Crippen molar-refractivity contribution in [2.24, 2.45) is 5.73 Å². The van der Waals surface area contributed by atoms with Crippen molar-refractivity contribution >= 4 is 11.6 Å². The van der Waals surface area contributed by atoms with Gasteiger partial charge < -0.3 is 5.73 Å². The van der Waals surface area contributed by atoms with Crippen molar-refractivity contribution < 1.29 is 4.39 Å². The van der Waals surface area contributed by atoms with E-state index in [0.717, 1.165) is 0 Å². The first-order chi connectivity index (χ1) is 5.65. The molecule has 2 N–H and O–H groups in total. The Kier molecular flexibility index (Phi) is 3.06. The molecule has 0 aromatic heterocycles. The second kappa shape index (κ2) is 3.87. The van der Waals surface area contributed by atoms with Gasteiger partial charge in [-0.05, 0) is 24.6 Å². The molecule has 0 radical (unpaired) electrons. The highest BCUT2D eigenvalue weighted by atomic mass is 35.5. The first-order valence-corrected chi connectivity index (χ1v) is 4.23. The van der Waals surface area contributed by atoms with Crippen LogP contribution < -0.4 is 5.73 Å². The van der Waals surface area contributed by atoms with Crippen LogP contribution in [0.4, 0.5) is 4.39 Å². The van der Waals surface area contributed by atoms with Crippen molar-refractivity contribution in [1.82, 2.24) is 0 Å². The minimum Gasteiger partial charge on any atom is -0.324 e. The molecule has 0 unspecified atom stereocenters. The third-order valence-corrected chi connectivity index (χ3v) is 2.03. The third kappa shape index (κ3) is 1.96. The van der Waals surface area contributed by atoms with Gasteiger partial charge in [-0.2, -0.15) is 0 Å². The second-order valence-electron chi connectivity index (χ2n) is 2.68. The molecule has 1 aromatic carbocycles. The molecule has 0 saturated carbocycles. The monoisotopic (exact) mass is 187 g/mol. The van der Waals surface area contributed by atoms with E-state index in [-0.39, 0.29) is 11.9 Å². The quantitative estimate of drug-likeness (QED) is 0.757. The predicted octanol–water partition coefficient (Wildman–Crippen LogP) is 2.89. The molecule has 0 saturated heterocycles. The van der Waals surface area contributed by atoms with Crippen molar-refractivity contribution in [2.75, 3.05) is 0 Å². The zero-order valence-corrected chi connectivity index (χ0v) is 7.61. The number of rotatable bonds is 2. The van der Waals surface area contributed by atoms with E-state index in [9.17, 15) is 4.39 Å². The Morgan fingerprint density at radius 3 is 2.83 bits per heavy atom. The molecule has 66 valence electrons. The van der Waals surface area contributed by atoms with Crippen LogP contribution in [-0.4, -0.2) is 0 Å². The van der Waals surface area contributed by atoms with E-state index < -0.39 is 0 Å². The Labute approximate surface area is 76.3 Å². The standard InChI is InChI=1S/C9H11ClFN/c1-2-9(12)7-5-6(10)3-4-8(7)11/h3-5,9H,2,12H2,1H3/t9-/m0/s1. The Morgan fingerprint density at radius 1 is 1.58 bits per heavy atom. The van der Waals surface area contributed by atoms with Gasteiger partial charge in [-0.15, -0.1) is 0 Å². The van der Waals surface area contributed by atoms with Crippen LogP contribution in [0.1, 0.15) is 24.9 Å². The van der Waals surface area contributed by atoms with Gasteiger partial charge in [0.05, 0.1) is 0 Å². The van der Waals surface area contributed by atoms with E-state index in [4.69, 9.17) is 17.3 Å². The fourth-order valence-electron chi connectivity index (χ4n) is 1.02. The Morgan fingerprint density at radius 2 is 2.25 bits per heavy atom. The van der Waals surface area contributed by atoms with Crippen LogP contribution in [0.2, 0.25) is 5.02 Å². The maximum absolute atomic E-state index is 13.1. The lowest BCUT2D eigenvalue weighted by molar-refractivity contribution is 0.575. The molecule has 0 aliphatic carbocycles. The summed E-state index contributed by atoms with van der Waals surface area (Å²) < 4.78 is 13.1. The van der Waals surface area contributed by atoms with Gasteiger partial charge in [-0.3, -0.25) is 0 Å². The first-order valence-electron chi connectivity index (χ1n) is 3.85. The normalized spacial score (nSPS) is 13.0. The molecule has 12 heavy (non-hydrogen) atoms. The third-order valence-electron chi connectivity index (χ3n) is 1.80. The number of hydrogen-bond acceptors (Lipinski definition) is 1. The average Bonchev–Trinajstić information content (AvgIpc) is 2.08. The Bertz CT molecular complexity index is 275. The molecule has 1 aromatic rings. The predicted molar refractivity (Wildman–Crippen MR) is 48.6 cm³/mol. The summed E-state index contributed by atoms with van der Waals surface area (Å²) >= 11 is 5.70. The fourth-order valence-corrected chi connectivity index (χ4v) is 1.20. The van der Waals surface area contributed by atoms with Gasteiger partial charge in [0, 0.05) is 16.6 Å². The summed E-state index contributed by atoms with van der Waals surface area (Å²) in [7, 11) is 0. The van der Waals surface area contributed by atoms with Crippen LogP contribution in [-0.2, 0) is 0 Å². The van der Waals surface area contributed by atoms with Crippen molar-refractivity contribution in [3.63, 3.8) is 0 Å². The van der Waals surface area contributed by atoms with Crippen molar-refractivity contribution in [3.8, 4) is 0 Å². The molecule has 0 fully saturated rings. The van der Waals surface area contributed by atoms with Gasteiger partial charge in [-0.1, -0.05) is 18.5 Å². The molecule has 0 spiro atoms. The van der Waals surface area contributed by atoms with Gasteiger partial charge in [0.1, 0.15) is 5.82 Å². The largest absolute Gasteiger partial charge is 0.324 e. The highest BCUT2D eigenvalue weighted by Crippen LogP contribution is 2.21. The summed E-state index contributed by atoms with van der Waals surface area (Å²) in [5, 5.41) is 0.523. The van der Waals surface area contributed by atoms with Gasteiger partial charge in [-0.25, -0.2) is 4.39 Å². The molecule has 0 aliphatic heterocycles. The van der Waals surface area contributed by atoms with Gasteiger partial charge in [0.2, 0.25) is 0 Å². The minimum atomic E-state index is -0.284. The number of hydrogen-bond donors (Lipinski definition) is 1. The average molecular weight is 188 g/mol. The summed E-state index contributed by atoms with van der Waals surface area (Å²) in [6, 6.07) is 4.17. The van der Waals surface area contributed by atoms with Crippen LogP contribution in [0.15, 0.2) is 18.2 Å². The lowest BCUT2D eigenvalue weighted by Crippen LogP contribution is -2.10. The SMILES string of the molecule is CC[C@H](N)c1cc(Cl)ccc1F. The minimum absolute atomic E-state index is 0.260. The van der Waals surface area contributed by atoms with E-state index in [0.29, 0.717) is 17.0 Å². The van der Waals surface area contributed by atoms with E-state index >= 15 is 0 Å². The number of benzene rings is 1. The summed E-state index contributed by atoms with van der Waals surface area (Å²) in [4.78, 5) is 0. The molecule has 0 heterocycles. The summed E-state index contributed by atoms with van der Waals surface area (Å²) in [5.41, 5.74) is 6.16. The van der Waals surface area contributed by atoms with Crippen LogP contribution in [0.3, 0.4) is 0 Å². The van der Waals surface area contributed by atoms with Crippen LogP contribution in [0.5, 0.6) is 0 Å². The molecular weight excluding hydrogens is 177 g/mol. The highest BCUT2D eigenvalue weighted by molar-refractivity contribution is 6.30. The lowest BCUT2D eigenvalue weighted by Gasteiger charge is -2.09. The Balaban J connectivity index is 3.04. The summed E-state index contributed by atoms with van der Waals surface area (Å²) in [6.07, 6.45) is 0.706. The van der Waals surface area contributed by atoms with Crippen molar-refractivity contribution in [3.05, 3.63) is 34.6 Å². The van der Waals surface area contributed by atoms with Crippen LogP contribution in [0, 0.1) is 5.82 Å². The molecule has 1 atom stereocenters. The zero-order valence-electron chi connectivity index (χ0n) is 6.85. The first kappa shape index (κ1) is 9.49. The van der Waals surface area contributed by atoms with Gasteiger partial charge in [0.25, 0.3) is 0 Å². The molecule has 1 nitrogen and oxygen atoms in total. The van der Waals surface area contributed by atoms with E-state index in [1.54, 1.807) is 6.07 Å². The molecular formula is C9H11ClFN. The van der Waals surface area contributed by atoms with E-state index in [2.05, 4.69) is 0 Å². The molecule has 1 rings (SSSR count). The van der Waals surface area contributed by atoms with E-state index in [1.165, 1.54) is 12.1 Å². The second-order valence-corrected chi connectivity index (χ2v) is 3.12. The van der Waals surface area contributed by atoms with Crippen LogP contribution >= 0.6 is 11.6 Å².